The van der Waals surface area contributed by atoms with Gasteiger partial charge >= 0.3 is 0 Å². The first-order valence-electron chi connectivity index (χ1n) is 28.8. The number of benzene rings is 15. The first-order valence-corrected chi connectivity index (χ1v) is 35.7. The summed E-state index contributed by atoms with van der Waals surface area (Å²) in [5, 5.41) is 14.0. The molecule has 0 fully saturated rings. The van der Waals surface area contributed by atoms with Gasteiger partial charge in [-0.05, 0) is 76.8 Å². The first-order chi connectivity index (χ1) is 42.2. The Balaban J connectivity index is 1.30. The third-order valence-corrected chi connectivity index (χ3v) is 30.6. The Bertz CT molecular complexity index is 5080. The van der Waals surface area contributed by atoms with Crippen LogP contribution < -0.4 is 63.7 Å². The van der Waals surface area contributed by atoms with E-state index < -0.39 is 28.6 Å². The van der Waals surface area contributed by atoms with Crippen LogP contribution >= 0.6 is 28.6 Å². The lowest BCUT2D eigenvalue weighted by atomic mass is 10.1. The molecule has 8 heteroatoms. The van der Waals surface area contributed by atoms with Crippen LogP contribution in [0.5, 0.6) is 0 Å². The summed E-state index contributed by atoms with van der Waals surface area (Å²) in [7, 11) is -18.4. The van der Waals surface area contributed by atoms with E-state index in [1.54, 1.807) is 0 Å². The predicted octanol–water partition coefficient (Wildman–Crippen LogP) is 15.2. The molecule has 0 aliphatic rings. The molecule has 0 radical (unpaired) electrons. The summed E-state index contributed by atoms with van der Waals surface area (Å²) in [4.78, 5) is 0. The second-order valence-electron chi connectivity index (χ2n) is 21.9. The Kier molecular flexibility index (Phi) is 13.3. The number of rotatable bonds is 12. The Morgan fingerprint density at radius 2 is 0.349 bits per heavy atom. The van der Waals surface area contributed by atoms with E-state index >= 15 is 18.3 Å². The predicted molar refractivity (Wildman–Crippen MR) is 369 cm³/mol. The van der Waals surface area contributed by atoms with Crippen LogP contribution in [0.15, 0.2) is 328 Å². The van der Waals surface area contributed by atoms with Gasteiger partial charge in [0, 0.05) is 63.7 Å². The topological polar surface area (TPSA) is 68.3 Å². The zero-order chi connectivity index (χ0) is 58.0. The molecule has 15 aromatic carbocycles. The van der Waals surface area contributed by atoms with Crippen molar-refractivity contribution in [1.82, 2.24) is 0 Å². The van der Waals surface area contributed by atoms with Crippen LogP contribution in [0.4, 0.5) is 0 Å². The molecule has 410 valence electrons. The minimum atomic E-state index is -4.80. The van der Waals surface area contributed by atoms with Crippen LogP contribution in [-0.2, 0) is 18.3 Å². The largest absolute Gasteiger partial charge is 0.309 e. The van der Waals surface area contributed by atoms with E-state index in [0.717, 1.165) is 43.1 Å². The normalized spacial score (nSPS) is 12.4. The maximum atomic E-state index is 20.0. The highest BCUT2D eigenvalue weighted by molar-refractivity contribution is 7.96. The fraction of sp³-hybridized carbons (Fsp3) is 0. The molecule has 0 aliphatic heterocycles. The molecule has 0 atom stereocenters. The molecule has 4 nitrogen and oxygen atoms in total. The Morgan fingerprint density at radius 3 is 0.605 bits per heavy atom. The van der Waals surface area contributed by atoms with Gasteiger partial charge in [0.2, 0.25) is 0 Å². The van der Waals surface area contributed by atoms with Crippen molar-refractivity contribution in [3.8, 4) is 0 Å². The van der Waals surface area contributed by atoms with Crippen LogP contribution in [0.2, 0.25) is 0 Å². The van der Waals surface area contributed by atoms with Gasteiger partial charge in [0.15, 0.2) is 28.6 Å². The smallest absolute Gasteiger partial charge is 0.173 e. The van der Waals surface area contributed by atoms with Gasteiger partial charge < -0.3 is 18.3 Å². The molecule has 0 N–H and O–H groups in total. The molecule has 0 aromatic heterocycles. The molecule has 0 spiro atoms. The Hall–Kier alpha value is -9.22. The van der Waals surface area contributed by atoms with Gasteiger partial charge in [0.25, 0.3) is 0 Å². The summed E-state index contributed by atoms with van der Waals surface area (Å²) in [6.07, 6.45) is 0. The van der Waals surface area contributed by atoms with Gasteiger partial charge in [-0.1, -0.05) is 315 Å². The van der Waals surface area contributed by atoms with Crippen molar-refractivity contribution in [3.05, 3.63) is 328 Å². The maximum Gasteiger partial charge on any atom is 0.173 e. The number of fused-ring (bicyclic) bond motifs is 6. The van der Waals surface area contributed by atoms with Crippen LogP contribution in [-0.4, -0.2) is 0 Å². The van der Waals surface area contributed by atoms with E-state index in [2.05, 4.69) is 0 Å². The van der Waals surface area contributed by atoms with Crippen molar-refractivity contribution in [1.29, 1.82) is 0 Å². The molecule has 0 aliphatic carbocycles. The minimum Gasteiger partial charge on any atom is -0.309 e. The van der Waals surface area contributed by atoms with E-state index in [1.807, 2.05) is 328 Å². The lowest BCUT2D eigenvalue weighted by Crippen LogP contribution is -2.54. The van der Waals surface area contributed by atoms with Crippen LogP contribution in [0, 0.1) is 0 Å². The fourth-order valence-corrected chi connectivity index (χ4v) is 28.5. The standard InChI is InChI=1S/C78H54O4P4/c79-83(61-37-3-1-4-38-61,62-39-5-2-6-40-62)75-53-54-76(84(80,69-47-19-31-55-25-7-13-41-63(55)69)70-48-20-32-56-26-8-14-42-64(56)70)78(86(82,73-51-23-35-59-29-11-17-45-67(59)73)74-52-24-36-60-30-12-18-46-68(60)74)77(75)85(81,71-49-21-33-57-27-9-15-43-65(57)71)72-50-22-34-58-28-10-16-44-66(58)72/h1-54H. The van der Waals surface area contributed by atoms with Crippen LogP contribution in [0.3, 0.4) is 0 Å². The zero-order valence-corrected chi connectivity index (χ0v) is 50.2. The van der Waals surface area contributed by atoms with Gasteiger partial charge in [-0.25, -0.2) is 0 Å². The molecular formula is C78H54O4P4. The van der Waals surface area contributed by atoms with Gasteiger partial charge in [-0.15, -0.1) is 0 Å². The molecule has 0 saturated heterocycles. The van der Waals surface area contributed by atoms with Gasteiger partial charge in [0.1, 0.15) is 0 Å². The second-order valence-corrected chi connectivity index (χ2v) is 32.6. The van der Waals surface area contributed by atoms with Crippen molar-refractivity contribution < 1.29 is 18.3 Å². The average Bonchev–Trinajstić information content (AvgIpc) is 0.692. The first kappa shape index (κ1) is 53.5. The van der Waals surface area contributed by atoms with Crippen molar-refractivity contribution in [2.75, 3.05) is 0 Å². The number of hydrogen-bond donors (Lipinski definition) is 0. The summed E-state index contributed by atoms with van der Waals surface area (Å²) in [6, 6.07) is 106. The Morgan fingerprint density at radius 1 is 0.151 bits per heavy atom. The van der Waals surface area contributed by atoms with Gasteiger partial charge in [-0.2, -0.15) is 0 Å². The molecule has 15 rings (SSSR count). The van der Waals surface area contributed by atoms with E-state index in [0.29, 0.717) is 64.0 Å². The maximum absolute atomic E-state index is 20.0. The highest BCUT2D eigenvalue weighted by atomic mass is 31.2. The summed E-state index contributed by atoms with van der Waals surface area (Å²) < 4.78 is 77.6. The quantitative estimate of drug-likeness (QED) is 0.114. The summed E-state index contributed by atoms with van der Waals surface area (Å²) >= 11 is 0. The lowest BCUT2D eigenvalue weighted by molar-refractivity contribution is 0.589. The molecule has 0 amide bonds. The monoisotopic (exact) mass is 1180 g/mol. The summed E-state index contributed by atoms with van der Waals surface area (Å²) in [5.74, 6) is 0. The highest BCUT2D eigenvalue weighted by Crippen LogP contribution is 2.58. The fourth-order valence-electron chi connectivity index (χ4n) is 13.4. The molecule has 86 heavy (non-hydrogen) atoms. The minimum absolute atomic E-state index is 0.128. The molecule has 0 saturated carbocycles. The van der Waals surface area contributed by atoms with Gasteiger partial charge in [-0.3, -0.25) is 0 Å². The molecule has 0 heterocycles. The van der Waals surface area contributed by atoms with Gasteiger partial charge in [0.05, 0.1) is 0 Å². The van der Waals surface area contributed by atoms with Crippen molar-refractivity contribution in [3.63, 3.8) is 0 Å². The molecular weight excluding hydrogens is 1120 g/mol. The summed E-state index contributed by atoms with van der Waals surface area (Å²) in [5.41, 5.74) is 0. The SMILES string of the molecule is O=P(c1ccccc1)(c1ccccc1)c1ccc(P(=O)(c2cccc3ccccc23)c2cccc3ccccc23)c(P(=O)(c2cccc3ccccc23)c2cccc3ccccc23)c1P(=O)(c1cccc2ccccc12)c1cccc2ccccc12. The van der Waals surface area contributed by atoms with Crippen LogP contribution in [0.25, 0.3) is 64.6 Å². The highest BCUT2D eigenvalue weighted by Gasteiger charge is 2.51. The lowest BCUT2D eigenvalue weighted by Gasteiger charge is -2.36. The van der Waals surface area contributed by atoms with E-state index in [4.69, 9.17) is 0 Å². The third-order valence-electron chi connectivity index (χ3n) is 17.3. The molecule has 15 aromatic rings. The summed E-state index contributed by atoms with van der Waals surface area (Å²) in [6.45, 7) is 0. The second kappa shape index (κ2) is 21.4. The van der Waals surface area contributed by atoms with E-state index in [1.165, 1.54) is 0 Å². The zero-order valence-electron chi connectivity index (χ0n) is 46.6. The van der Waals surface area contributed by atoms with E-state index in [-0.39, 0.29) is 21.2 Å². The molecule has 0 bridgehead atoms. The van der Waals surface area contributed by atoms with Crippen molar-refractivity contribution in [2.45, 2.75) is 0 Å². The van der Waals surface area contributed by atoms with Crippen molar-refractivity contribution >= 4 is 157 Å². The van der Waals surface area contributed by atoms with Crippen LogP contribution in [0.1, 0.15) is 0 Å². The molecule has 0 unspecified atom stereocenters. The number of hydrogen-bond acceptors (Lipinski definition) is 4. The van der Waals surface area contributed by atoms with E-state index in [9.17, 15) is 0 Å². The van der Waals surface area contributed by atoms with Crippen molar-refractivity contribution in [2.24, 2.45) is 0 Å². The Labute approximate surface area is 499 Å². The average molecular weight is 1180 g/mol. The third kappa shape index (κ3) is 8.28.